The lowest BCUT2D eigenvalue weighted by Crippen LogP contribution is -2.10. The number of benzene rings is 1. The molecule has 0 aromatic heterocycles. The molecule has 1 aliphatic carbocycles. The zero-order valence-corrected chi connectivity index (χ0v) is 8.85. The molecule has 2 atom stereocenters. The maximum Gasteiger partial charge on any atom is 0.0441 e. The number of hydrogen-bond acceptors (Lipinski definition) is 1. The van der Waals surface area contributed by atoms with Gasteiger partial charge in [0.15, 0.2) is 0 Å². The maximum atomic E-state index is 6.20. The third-order valence-corrected chi connectivity index (χ3v) is 4.09. The monoisotopic (exact) mass is 207 g/mol. The first kappa shape index (κ1) is 8.75. The van der Waals surface area contributed by atoms with E-state index in [9.17, 15) is 0 Å². The molecular weight excluding hydrogens is 194 g/mol. The third-order valence-electron chi connectivity index (χ3n) is 3.75. The molecule has 0 amide bonds. The van der Waals surface area contributed by atoms with Crippen LogP contribution in [0.25, 0.3) is 0 Å². The van der Waals surface area contributed by atoms with Crippen LogP contribution in [0.5, 0.6) is 0 Å². The van der Waals surface area contributed by atoms with Crippen LogP contribution in [0.3, 0.4) is 0 Å². The van der Waals surface area contributed by atoms with Crippen LogP contribution in [0.4, 0.5) is 0 Å². The van der Waals surface area contributed by atoms with Gasteiger partial charge in [-0.1, -0.05) is 29.8 Å². The van der Waals surface area contributed by atoms with Gasteiger partial charge in [0.1, 0.15) is 0 Å². The Kier molecular flexibility index (Phi) is 1.86. The van der Waals surface area contributed by atoms with E-state index < -0.39 is 0 Å². The van der Waals surface area contributed by atoms with E-state index in [0.717, 1.165) is 5.02 Å². The topological polar surface area (TPSA) is 12.0 Å². The molecule has 1 spiro atoms. The lowest BCUT2D eigenvalue weighted by atomic mass is 9.98. The lowest BCUT2D eigenvalue weighted by Gasteiger charge is -2.08. The second kappa shape index (κ2) is 2.98. The van der Waals surface area contributed by atoms with E-state index in [-0.39, 0.29) is 0 Å². The van der Waals surface area contributed by atoms with Crippen molar-refractivity contribution in [3.63, 3.8) is 0 Å². The summed E-state index contributed by atoms with van der Waals surface area (Å²) >= 11 is 6.20. The van der Waals surface area contributed by atoms with E-state index in [1.807, 2.05) is 12.1 Å². The van der Waals surface area contributed by atoms with E-state index in [4.69, 9.17) is 11.6 Å². The predicted octanol–water partition coefficient (Wildman–Crippen LogP) is 2.81. The molecule has 2 heteroatoms. The Morgan fingerprint density at radius 3 is 2.93 bits per heavy atom. The molecule has 0 radical (unpaired) electrons. The highest BCUT2D eigenvalue weighted by Crippen LogP contribution is 2.63. The molecule has 1 heterocycles. The molecule has 1 aliphatic heterocycles. The Bertz CT molecular complexity index is 355. The fourth-order valence-corrected chi connectivity index (χ4v) is 3.05. The Labute approximate surface area is 89.5 Å². The Morgan fingerprint density at radius 2 is 2.21 bits per heavy atom. The fraction of sp³-hybridized carbons (Fsp3) is 0.500. The average molecular weight is 208 g/mol. The summed E-state index contributed by atoms with van der Waals surface area (Å²) in [6.07, 6.45) is 2.65. The lowest BCUT2D eigenvalue weighted by molar-refractivity contribution is 0.549. The van der Waals surface area contributed by atoms with Crippen molar-refractivity contribution in [1.29, 1.82) is 0 Å². The number of nitrogens with one attached hydrogen (secondary N) is 1. The van der Waals surface area contributed by atoms with Gasteiger partial charge in [-0.2, -0.15) is 0 Å². The summed E-state index contributed by atoms with van der Waals surface area (Å²) in [5, 5.41) is 4.40. The van der Waals surface area contributed by atoms with Gasteiger partial charge in [0.2, 0.25) is 0 Å². The van der Waals surface area contributed by atoms with Crippen LogP contribution in [0, 0.1) is 5.41 Å². The first-order chi connectivity index (χ1) is 6.82. The van der Waals surface area contributed by atoms with Crippen molar-refractivity contribution >= 4 is 11.6 Å². The highest BCUT2D eigenvalue weighted by Gasteiger charge is 2.56. The molecule has 2 unspecified atom stereocenters. The van der Waals surface area contributed by atoms with Crippen LogP contribution >= 0.6 is 11.6 Å². The fourth-order valence-electron chi connectivity index (χ4n) is 2.78. The first-order valence-electron chi connectivity index (χ1n) is 5.27. The summed E-state index contributed by atoms with van der Waals surface area (Å²) in [6, 6.07) is 8.29. The van der Waals surface area contributed by atoms with Crippen molar-refractivity contribution in [3.8, 4) is 0 Å². The van der Waals surface area contributed by atoms with Gasteiger partial charge in [0.05, 0.1) is 0 Å². The highest BCUT2D eigenvalue weighted by molar-refractivity contribution is 6.31. The van der Waals surface area contributed by atoms with Gasteiger partial charge >= 0.3 is 0 Å². The summed E-state index contributed by atoms with van der Waals surface area (Å²) in [5.41, 5.74) is 1.92. The quantitative estimate of drug-likeness (QED) is 0.747. The molecule has 1 nitrogen and oxygen atoms in total. The van der Waals surface area contributed by atoms with E-state index in [1.165, 1.54) is 31.5 Å². The highest BCUT2D eigenvalue weighted by atomic mass is 35.5. The summed E-state index contributed by atoms with van der Waals surface area (Å²) in [5.74, 6) is 0.714. The van der Waals surface area contributed by atoms with Crippen LogP contribution in [-0.2, 0) is 0 Å². The molecule has 1 saturated carbocycles. The summed E-state index contributed by atoms with van der Waals surface area (Å²) in [4.78, 5) is 0. The normalized spacial score (nSPS) is 35.1. The molecule has 74 valence electrons. The zero-order chi connectivity index (χ0) is 9.60. The van der Waals surface area contributed by atoms with E-state index in [0.29, 0.717) is 11.3 Å². The van der Waals surface area contributed by atoms with Gasteiger partial charge in [-0.25, -0.2) is 0 Å². The van der Waals surface area contributed by atoms with Crippen LogP contribution in [0.1, 0.15) is 24.3 Å². The van der Waals surface area contributed by atoms with Gasteiger partial charge < -0.3 is 5.32 Å². The minimum absolute atomic E-state index is 0.561. The number of rotatable bonds is 1. The van der Waals surface area contributed by atoms with Gasteiger partial charge in [-0.15, -0.1) is 0 Å². The molecule has 0 bridgehead atoms. The minimum Gasteiger partial charge on any atom is -0.316 e. The van der Waals surface area contributed by atoms with Crippen molar-refractivity contribution in [2.75, 3.05) is 13.1 Å². The SMILES string of the molecule is Clc1ccccc1C1CC12CCNC2. The molecule has 3 rings (SSSR count). The van der Waals surface area contributed by atoms with Crippen LogP contribution in [-0.4, -0.2) is 13.1 Å². The van der Waals surface area contributed by atoms with Crippen molar-refractivity contribution in [2.45, 2.75) is 18.8 Å². The van der Waals surface area contributed by atoms with Crippen molar-refractivity contribution < 1.29 is 0 Å². The smallest absolute Gasteiger partial charge is 0.0441 e. The third kappa shape index (κ3) is 1.19. The second-order valence-corrected chi connectivity index (χ2v) is 4.97. The van der Waals surface area contributed by atoms with Crippen LogP contribution < -0.4 is 5.32 Å². The summed E-state index contributed by atoms with van der Waals surface area (Å²) < 4.78 is 0. The van der Waals surface area contributed by atoms with Gasteiger partial charge in [-0.05, 0) is 42.3 Å². The Balaban J connectivity index is 1.89. The van der Waals surface area contributed by atoms with Gasteiger partial charge in [0, 0.05) is 11.6 Å². The predicted molar refractivity (Wildman–Crippen MR) is 58.7 cm³/mol. The number of hydrogen-bond donors (Lipinski definition) is 1. The molecule has 14 heavy (non-hydrogen) atoms. The van der Waals surface area contributed by atoms with E-state index in [1.54, 1.807) is 0 Å². The average Bonchev–Trinajstić information content (AvgIpc) is 2.67. The van der Waals surface area contributed by atoms with Crippen molar-refractivity contribution in [2.24, 2.45) is 5.41 Å². The first-order valence-corrected chi connectivity index (χ1v) is 5.65. The van der Waals surface area contributed by atoms with E-state index >= 15 is 0 Å². The standard InChI is InChI=1S/C12H14ClN/c13-11-4-2-1-3-9(11)10-7-12(10)5-6-14-8-12/h1-4,10,14H,5-8H2. The van der Waals surface area contributed by atoms with Crippen LogP contribution in [0.2, 0.25) is 5.02 Å². The molecule has 1 N–H and O–H groups in total. The maximum absolute atomic E-state index is 6.20. The second-order valence-electron chi connectivity index (χ2n) is 4.57. The molecule has 1 saturated heterocycles. The summed E-state index contributed by atoms with van der Waals surface area (Å²) in [6.45, 7) is 2.36. The minimum atomic E-state index is 0.561. The Morgan fingerprint density at radius 1 is 1.36 bits per heavy atom. The molecule has 2 aliphatic rings. The molecule has 2 fully saturated rings. The van der Waals surface area contributed by atoms with E-state index in [2.05, 4.69) is 17.4 Å². The van der Waals surface area contributed by atoms with Gasteiger partial charge in [-0.3, -0.25) is 0 Å². The van der Waals surface area contributed by atoms with Crippen LogP contribution in [0.15, 0.2) is 24.3 Å². The molecule has 1 aromatic rings. The van der Waals surface area contributed by atoms with Crippen molar-refractivity contribution in [3.05, 3.63) is 34.9 Å². The van der Waals surface area contributed by atoms with Gasteiger partial charge in [0.25, 0.3) is 0 Å². The zero-order valence-electron chi connectivity index (χ0n) is 8.09. The number of halogens is 1. The summed E-state index contributed by atoms with van der Waals surface area (Å²) in [7, 11) is 0. The largest absolute Gasteiger partial charge is 0.316 e. The van der Waals surface area contributed by atoms with Crippen molar-refractivity contribution in [1.82, 2.24) is 5.32 Å². The Hall–Kier alpha value is -0.530. The molecule has 1 aromatic carbocycles. The molecular formula is C12H14ClN.